The van der Waals surface area contributed by atoms with Gasteiger partial charge in [0, 0.05) is 11.4 Å². The second kappa shape index (κ2) is 4.63. The zero-order chi connectivity index (χ0) is 13.4. The summed E-state index contributed by atoms with van der Waals surface area (Å²) in [6, 6.07) is 0. The molecule has 0 aromatic carbocycles. The Bertz CT molecular complexity index is 684. The van der Waals surface area contributed by atoms with Gasteiger partial charge in [0.2, 0.25) is 0 Å². The maximum atomic E-state index is 12.0. The number of H-pyrrole nitrogens is 1. The van der Waals surface area contributed by atoms with Crippen LogP contribution in [0.25, 0.3) is 5.00 Å². The predicted molar refractivity (Wildman–Crippen MR) is 68.8 cm³/mol. The van der Waals surface area contributed by atoms with Gasteiger partial charge in [-0.25, -0.2) is 19.3 Å². The lowest BCUT2D eigenvalue weighted by Crippen LogP contribution is -2.23. The molecule has 0 amide bonds. The third kappa shape index (κ3) is 1.89. The van der Waals surface area contributed by atoms with E-state index in [4.69, 9.17) is 4.74 Å². The number of methoxy groups -OCH3 is 1. The third-order valence-corrected chi connectivity index (χ3v) is 4.30. The van der Waals surface area contributed by atoms with Gasteiger partial charge >= 0.3 is 11.7 Å². The van der Waals surface area contributed by atoms with E-state index < -0.39 is 5.97 Å². The standard InChI is InChI=1S/C11H12N4O3S/c1-18-10(16)8-6-2-3-12-4-7(6)19-9(8)15-5-13-14-11(15)17/h5,12H,2-4H2,1H3,(H,14,17). The summed E-state index contributed by atoms with van der Waals surface area (Å²) < 4.78 is 6.18. The molecule has 2 N–H and O–H groups in total. The predicted octanol–water partition coefficient (Wildman–Crippen LogP) is 0.0544. The van der Waals surface area contributed by atoms with E-state index >= 15 is 0 Å². The second-order valence-corrected chi connectivity index (χ2v) is 5.22. The van der Waals surface area contributed by atoms with E-state index in [1.807, 2.05) is 0 Å². The fourth-order valence-electron chi connectivity index (χ4n) is 2.20. The van der Waals surface area contributed by atoms with Crippen molar-refractivity contribution >= 4 is 17.3 Å². The SMILES string of the molecule is COC(=O)c1c(-n2cn[nH]c2=O)sc2c1CCNC2. The van der Waals surface area contributed by atoms with Gasteiger partial charge in [-0.3, -0.25) is 0 Å². The number of aromatic nitrogens is 3. The maximum absolute atomic E-state index is 12.0. The summed E-state index contributed by atoms with van der Waals surface area (Å²) in [4.78, 5) is 24.7. The Morgan fingerprint density at radius 1 is 1.58 bits per heavy atom. The number of hydrogen-bond donors (Lipinski definition) is 2. The molecule has 0 radical (unpaired) electrons. The third-order valence-electron chi connectivity index (χ3n) is 3.07. The van der Waals surface area contributed by atoms with Crippen LogP contribution in [0.1, 0.15) is 20.8 Å². The van der Waals surface area contributed by atoms with Crippen LogP contribution in [0.15, 0.2) is 11.1 Å². The lowest BCUT2D eigenvalue weighted by molar-refractivity contribution is 0.0600. The normalized spacial score (nSPS) is 14.2. The van der Waals surface area contributed by atoms with Gasteiger partial charge in [-0.1, -0.05) is 0 Å². The number of carbonyl (C=O) groups is 1. The highest BCUT2D eigenvalue weighted by atomic mass is 32.1. The van der Waals surface area contributed by atoms with Crippen molar-refractivity contribution in [1.82, 2.24) is 20.1 Å². The number of nitrogens with one attached hydrogen (secondary N) is 2. The highest BCUT2D eigenvalue weighted by molar-refractivity contribution is 7.15. The summed E-state index contributed by atoms with van der Waals surface area (Å²) in [6.45, 7) is 1.52. The molecule has 0 aliphatic carbocycles. The molecule has 0 bridgehead atoms. The molecule has 7 nitrogen and oxygen atoms in total. The summed E-state index contributed by atoms with van der Waals surface area (Å²) in [5, 5.41) is 9.84. The topological polar surface area (TPSA) is 89.0 Å². The van der Waals surface area contributed by atoms with Crippen molar-refractivity contribution in [3.8, 4) is 5.00 Å². The number of esters is 1. The first kappa shape index (κ1) is 12.1. The van der Waals surface area contributed by atoms with Crippen molar-refractivity contribution in [3.63, 3.8) is 0 Å². The Kier molecular flexibility index (Phi) is 2.96. The van der Waals surface area contributed by atoms with E-state index in [1.165, 1.54) is 29.3 Å². The van der Waals surface area contributed by atoms with Crippen molar-refractivity contribution in [2.75, 3.05) is 13.7 Å². The van der Waals surface area contributed by atoms with E-state index in [1.54, 1.807) is 0 Å². The first-order valence-electron chi connectivity index (χ1n) is 5.78. The van der Waals surface area contributed by atoms with Crippen LogP contribution in [-0.4, -0.2) is 34.4 Å². The van der Waals surface area contributed by atoms with Gasteiger partial charge in [-0.2, -0.15) is 5.10 Å². The van der Waals surface area contributed by atoms with Gasteiger partial charge in [0.1, 0.15) is 11.3 Å². The maximum Gasteiger partial charge on any atom is 0.348 e. The summed E-state index contributed by atoms with van der Waals surface area (Å²) in [5.74, 6) is -0.414. The number of carbonyl (C=O) groups excluding carboxylic acids is 1. The summed E-state index contributed by atoms with van der Waals surface area (Å²) in [6.07, 6.45) is 2.13. The number of ether oxygens (including phenoxy) is 1. The van der Waals surface area contributed by atoms with E-state index in [9.17, 15) is 9.59 Å². The number of aromatic amines is 1. The molecule has 0 fully saturated rings. The van der Waals surface area contributed by atoms with E-state index in [2.05, 4.69) is 15.5 Å². The Morgan fingerprint density at radius 2 is 2.42 bits per heavy atom. The fourth-order valence-corrected chi connectivity index (χ4v) is 3.47. The van der Waals surface area contributed by atoms with Crippen LogP contribution in [0.3, 0.4) is 0 Å². The number of thiophene rings is 1. The molecule has 2 aromatic heterocycles. The molecule has 0 saturated carbocycles. The molecular formula is C11H12N4O3S. The monoisotopic (exact) mass is 280 g/mol. The van der Waals surface area contributed by atoms with Gasteiger partial charge in [-0.05, 0) is 18.5 Å². The number of rotatable bonds is 2. The van der Waals surface area contributed by atoms with Gasteiger partial charge < -0.3 is 10.1 Å². The van der Waals surface area contributed by atoms with Crippen LogP contribution in [0.2, 0.25) is 0 Å². The van der Waals surface area contributed by atoms with Crippen LogP contribution in [0.4, 0.5) is 0 Å². The molecule has 0 spiro atoms. The molecule has 3 rings (SSSR count). The van der Waals surface area contributed by atoms with Crippen molar-refractivity contribution in [2.45, 2.75) is 13.0 Å². The lowest BCUT2D eigenvalue weighted by atomic mass is 10.0. The Morgan fingerprint density at radius 3 is 3.11 bits per heavy atom. The average Bonchev–Trinajstić information content (AvgIpc) is 3.00. The largest absolute Gasteiger partial charge is 0.465 e. The first-order valence-corrected chi connectivity index (χ1v) is 6.60. The van der Waals surface area contributed by atoms with Crippen LogP contribution in [0, 0.1) is 0 Å². The van der Waals surface area contributed by atoms with Crippen molar-refractivity contribution in [1.29, 1.82) is 0 Å². The van der Waals surface area contributed by atoms with Crippen LogP contribution in [-0.2, 0) is 17.7 Å². The molecule has 1 aliphatic rings. The van der Waals surface area contributed by atoms with Crippen LogP contribution in [0.5, 0.6) is 0 Å². The molecular weight excluding hydrogens is 268 g/mol. The van der Waals surface area contributed by atoms with Gasteiger partial charge in [0.15, 0.2) is 0 Å². The summed E-state index contributed by atoms with van der Waals surface area (Å²) in [7, 11) is 1.34. The van der Waals surface area contributed by atoms with Crippen molar-refractivity contribution in [3.05, 3.63) is 32.8 Å². The van der Waals surface area contributed by atoms with Crippen molar-refractivity contribution in [2.24, 2.45) is 0 Å². The highest BCUT2D eigenvalue weighted by Gasteiger charge is 2.27. The zero-order valence-corrected chi connectivity index (χ0v) is 11.0. The molecule has 19 heavy (non-hydrogen) atoms. The van der Waals surface area contributed by atoms with Gasteiger partial charge in [-0.15, -0.1) is 11.3 Å². The van der Waals surface area contributed by atoms with Gasteiger partial charge in [0.25, 0.3) is 0 Å². The quantitative estimate of drug-likeness (QED) is 0.759. The van der Waals surface area contributed by atoms with Gasteiger partial charge in [0.05, 0.1) is 12.7 Å². The average molecular weight is 280 g/mol. The Labute approximate surface area is 112 Å². The minimum absolute atomic E-state index is 0.364. The Hall–Kier alpha value is -1.93. The lowest BCUT2D eigenvalue weighted by Gasteiger charge is -2.13. The second-order valence-electron chi connectivity index (χ2n) is 4.13. The molecule has 1 aliphatic heterocycles. The Balaban J connectivity index is 2.24. The molecule has 0 saturated heterocycles. The molecule has 8 heteroatoms. The zero-order valence-electron chi connectivity index (χ0n) is 10.2. The molecule has 2 aromatic rings. The van der Waals surface area contributed by atoms with E-state index in [0.29, 0.717) is 17.1 Å². The van der Waals surface area contributed by atoms with E-state index in [-0.39, 0.29) is 5.69 Å². The minimum atomic E-state index is -0.414. The minimum Gasteiger partial charge on any atom is -0.465 e. The number of hydrogen-bond acceptors (Lipinski definition) is 6. The summed E-state index contributed by atoms with van der Waals surface area (Å²) >= 11 is 1.42. The van der Waals surface area contributed by atoms with Crippen molar-refractivity contribution < 1.29 is 9.53 Å². The smallest absolute Gasteiger partial charge is 0.348 e. The molecule has 100 valence electrons. The number of nitrogens with zero attached hydrogens (tertiary/aromatic N) is 2. The summed E-state index contributed by atoms with van der Waals surface area (Å²) in [5.41, 5.74) is 1.09. The first-order chi connectivity index (χ1) is 9.22. The highest BCUT2D eigenvalue weighted by Crippen LogP contribution is 2.33. The van der Waals surface area contributed by atoms with Crippen LogP contribution < -0.4 is 11.0 Å². The molecule has 3 heterocycles. The fraction of sp³-hybridized carbons (Fsp3) is 0.364. The molecule has 0 atom stereocenters. The number of fused-ring (bicyclic) bond motifs is 1. The molecule has 0 unspecified atom stereocenters. The van der Waals surface area contributed by atoms with Crippen LogP contribution >= 0.6 is 11.3 Å². The van der Waals surface area contributed by atoms with E-state index in [0.717, 1.165) is 23.4 Å².